The van der Waals surface area contributed by atoms with Gasteiger partial charge in [0.15, 0.2) is 0 Å². The van der Waals surface area contributed by atoms with E-state index in [-0.39, 0.29) is 11.9 Å². The van der Waals surface area contributed by atoms with Crippen molar-refractivity contribution in [3.05, 3.63) is 75.8 Å². The summed E-state index contributed by atoms with van der Waals surface area (Å²) in [5.74, 6) is -2.56. The van der Waals surface area contributed by atoms with E-state index in [1.165, 1.54) is 22.8 Å². The number of aromatic carboxylic acids is 1. The largest absolute Gasteiger partial charge is 0.573 e. The summed E-state index contributed by atoms with van der Waals surface area (Å²) in [6, 6.07) is 8.37. The predicted molar refractivity (Wildman–Crippen MR) is 87.4 cm³/mol. The quantitative estimate of drug-likeness (QED) is 0.699. The molecule has 0 spiro atoms. The van der Waals surface area contributed by atoms with Crippen molar-refractivity contribution in [2.75, 3.05) is 0 Å². The third kappa shape index (κ3) is 4.08. The molecule has 0 radical (unpaired) electrons. The van der Waals surface area contributed by atoms with Crippen LogP contribution in [0.4, 0.5) is 17.6 Å². The van der Waals surface area contributed by atoms with Crippen molar-refractivity contribution >= 4 is 16.9 Å². The third-order valence-electron chi connectivity index (χ3n) is 3.78. The van der Waals surface area contributed by atoms with Crippen LogP contribution in [0.15, 0.2) is 53.5 Å². The van der Waals surface area contributed by atoms with Gasteiger partial charge in [0.1, 0.15) is 17.1 Å². The number of rotatable bonds is 4. The monoisotopic (exact) mass is 381 g/mol. The Hall–Kier alpha value is -3.36. The van der Waals surface area contributed by atoms with E-state index in [1.54, 1.807) is 0 Å². The Bertz CT molecular complexity index is 1070. The fraction of sp³-hybridized carbons (Fsp3) is 0.111. The van der Waals surface area contributed by atoms with Crippen LogP contribution in [0.3, 0.4) is 0 Å². The number of pyridine rings is 1. The topological polar surface area (TPSA) is 68.5 Å². The second kappa shape index (κ2) is 6.75. The van der Waals surface area contributed by atoms with Gasteiger partial charge in [-0.25, -0.2) is 9.18 Å². The fourth-order valence-electron chi connectivity index (χ4n) is 2.65. The van der Waals surface area contributed by atoms with Crippen molar-refractivity contribution < 1.29 is 32.2 Å². The zero-order valence-electron chi connectivity index (χ0n) is 13.5. The lowest BCUT2D eigenvalue weighted by Gasteiger charge is -2.13. The van der Waals surface area contributed by atoms with Crippen LogP contribution < -0.4 is 10.2 Å². The molecule has 0 bridgehead atoms. The summed E-state index contributed by atoms with van der Waals surface area (Å²) in [5, 5.41) is 9.09. The first-order valence-corrected chi connectivity index (χ1v) is 7.55. The average molecular weight is 381 g/mol. The minimum absolute atomic E-state index is 0.0506. The van der Waals surface area contributed by atoms with Crippen molar-refractivity contribution in [1.82, 2.24) is 4.57 Å². The lowest BCUT2D eigenvalue weighted by Crippen LogP contribution is -2.19. The molecule has 0 atom stereocenters. The predicted octanol–water partition coefficient (Wildman–Crippen LogP) is 3.79. The van der Waals surface area contributed by atoms with Gasteiger partial charge in [-0.3, -0.25) is 4.79 Å². The molecule has 3 rings (SSSR count). The molecule has 0 aliphatic heterocycles. The summed E-state index contributed by atoms with van der Waals surface area (Å²) in [4.78, 5) is 23.5. The maximum atomic E-state index is 13.5. The zero-order chi connectivity index (χ0) is 19.8. The van der Waals surface area contributed by atoms with Crippen LogP contribution in [-0.4, -0.2) is 22.0 Å². The Morgan fingerprint density at radius 3 is 2.37 bits per heavy atom. The van der Waals surface area contributed by atoms with Crippen molar-refractivity contribution in [3.63, 3.8) is 0 Å². The van der Waals surface area contributed by atoms with Crippen molar-refractivity contribution in [3.8, 4) is 5.75 Å². The molecule has 0 saturated heterocycles. The lowest BCUT2D eigenvalue weighted by atomic mass is 10.1. The van der Waals surface area contributed by atoms with Gasteiger partial charge in [0.25, 0.3) is 0 Å². The minimum atomic E-state index is -4.81. The number of nitrogens with zero attached hydrogens (tertiary/aromatic N) is 1. The lowest BCUT2D eigenvalue weighted by molar-refractivity contribution is -0.274. The summed E-state index contributed by atoms with van der Waals surface area (Å²) in [5.41, 5.74) is -0.538. The van der Waals surface area contributed by atoms with Crippen LogP contribution in [0, 0.1) is 5.82 Å². The van der Waals surface area contributed by atoms with Gasteiger partial charge in [-0.1, -0.05) is 12.1 Å². The number of fused-ring (bicyclic) bond motifs is 1. The van der Waals surface area contributed by atoms with Crippen LogP contribution in [0.1, 0.15) is 15.9 Å². The smallest absolute Gasteiger partial charge is 0.477 e. The SMILES string of the molecule is O=C(O)c1cn(Cc2ccc(OC(F)(F)F)cc2)c2ccc(F)cc2c1=O. The zero-order valence-corrected chi connectivity index (χ0v) is 13.5. The minimum Gasteiger partial charge on any atom is -0.477 e. The summed E-state index contributed by atoms with van der Waals surface area (Å²) >= 11 is 0. The van der Waals surface area contributed by atoms with E-state index in [0.717, 1.165) is 30.5 Å². The number of carboxylic acids is 1. The maximum Gasteiger partial charge on any atom is 0.573 e. The fourth-order valence-corrected chi connectivity index (χ4v) is 2.65. The number of hydrogen-bond donors (Lipinski definition) is 1. The van der Waals surface area contributed by atoms with Crippen LogP contribution in [-0.2, 0) is 6.54 Å². The van der Waals surface area contributed by atoms with E-state index in [2.05, 4.69) is 4.74 Å². The highest BCUT2D eigenvalue weighted by molar-refractivity contribution is 5.92. The first kappa shape index (κ1) is 18.4. The summed E-state index contributed by atoms with van der Waals surface area (Å²) < 4.78 is 55.3. The van der Waals surface area contributed by atoms with E-state index in [1.807, 2.05) is 0 Å². The first-order valence-electron chi connectivity index (χ1n) is 7.55. The first-order chi connectivity index (χ1) is 12.6. The van der Waals surface area contributed by atoms with Crippen LogP contribution in [0.5, 0.6) is 5.75 Å². The molecule has 27 heavy (non-hydrogen) atoms. The summed E-state index contributed by atoms with van der Waals surface area (Å²) in [7, 11) is 0. The molecule has 3 aromatic rings. The molecule has 0 amide bonds. The Balaban J connectivity index is 2.03. The molecule has 140 valence electrons. The molecule has 0 unspecified atom stereocenters. The van der Waals surface area contributed by atoms with Gasteiger partial charge >= 0.3 is 12.3 Å². The number of carbonyl (C=O) groups is 1. The highest BCUT2D eigenvalue weighted by Gasteiger charge is 2.30. The van der Waals surface area contributed by atoms with Gasteiger partial charge in [-0.05, 0) is 35.9 Å². The number of aromatic nitrogens is 1. The van der Waals surface area contributed by atoms with Gasteiger partial charge in [0, 0.05) is 18.1 Å². The summed E-state index contributed by atoms with van der Waals surface area (Å²) in [6.45, 7) is 0.0506. The van der Waals surface area contributed by atoms with Crippen LogP contribution in [0.2, 0.25) is 0 Å². The van der Waals surface area contributed by atoms with E-state index in [9.17, 15) is 32.3 Å². The molecule has 5 nitrogen and oxygen atoms in total. The molecule has 0 aliphatic rings. The molecule has 0 aliphatic carbocycles. The van der Waals surface area contributed by atoms with Crippen molar-refractivity contribution in [2.24, 2.45) is 0 Å². The third-order valence-corrected chi connectivity index (χ3v) is 3.78. The number of benzene rings is 2. The van der Waals surface area contributed by atoms with E-state index in [0.29, 0.717) is 11.1 Å². The second-order valence-electron chi connectivity index (χ2n) is 5.66. The molecular formula is C18H11F4NO4. The van der Waals surface area contributed by atoms with E-state index >= 15 is 0 Å². The van der Waals surface area contributed by atoms with Gasteiger partial charge in [-0.15, -0.1) is 13.2 Å². The highest BCUT2D eigenvalue weighted by Crippen LogP contribution is 2.23. The highest BCUT2D eigenvalue weighted by atomic mass is 19.4. The van der Waals surface area contributed by atoms with Crippen molar-refractivity contribution in [1.29, 1.82) is 0 Å². The van der Waals surface area contributed by atoms with Crippen LogP contribution >= 0.6 is 0 Å². The molecule has 9 heteroatoms. The molecule has 2 aromatic carbocycles. The molecule has 1 aromatic heterocycles. The van der Waals surface area contributed by atoms with E-state index in [4.69, 9.17) is 0 Å². The number of alkyl halides is 3. The number of halogens is 4. The Morgan fingerprint density at radius 2 is 1.78 bits per heavy atom. The Morgan fingerprint density at radius 1 is 1.11 bits per heavy atom. The normalized spacial score (nSPS) is 11.6. The Labute approximate surface area is 149 Å². The maximum absolute atomic E-state index is 13.5. The van der Waals surface area contributed by atoms with Crippen molar-refractivity contribution in [2.45, 2.75) is 12.9 Å². The molecule has 0 fully saturated rings. The van der Waals surface area contributed by atoms with Gasteiger partial charge in [-0.2, -0.15) is 0 Å². The van der Waals surface area contributed by atoms with Gasteiger partial charge in [0.05, 0.1) is 5.52 Å². The van der Waals surface area contributed by atoms with Gasteiger partial charge in [0.2, 0.25) is 5.43 Å². The van der Waals surface area contributed by atoms with E-state index < -0.39 is 34.9 Å². The second-order valence-corrected chi connectivity index (χ2v) is 5.66. The molecular weight excluding hydrogens is 370 g/mol. The van der Waals surface area contributed by atoms with Crippen LogP contribution in [0.25, 0.3) is 10.9 Å². The molecule has 1 N–H and O–H groups in total. The number of carboxylic acid groups (broad SMARTS) is 1. The Kier molecular flexibility index (Phi) is 4.61. The summed E-state index contributed by atoms with van der Waals surface area (Å²) in [6.07, 6.45) is -3.69. The number of hydrogen-bond acceptors (Lipinski definition) is 3. The van der Waals surface area contributed by atoms with Gasteiger partial charge < -0.3 is 14.4 Å². The molecule has 0 saturated carbocycles. The average Bonchev–Trinajstić information content (AvgIpc) is 2.57. The number of ether oxygens (including phenoxy) is 1. The standard InChI is InChI=1S/C18H11F4NO4/c19-11-3-6-15-13(7-11)16(24)14(17(25)26)9-23(15)8-10-1-4-12(5-2-10)27-18(20,21)22/h1-7,9H,8H2,(H,25,26). The molecule has 1 heterocycles.